The highest BCUT2D eigenvalue weighted by atomic mass is 16.3. The molecule has 1 rings (SSSR count). The quantitative estimate of drug-likeness (QED) is 0.721. The number of carbonyl (C=O) groups excluding carboxylic acids is 1. The largest absolute Gasteiger partial charge is 0.396 e. The van der Waals surface area contributed by atoms with Gasteiger partial charge >= 0.3 is 0 Å². The molecule has 2 N–H and O–H groups in total. The van der Waals surface area contributed by atoms with Crippen LogP contribution in [0.15, 0.2) is 18.5 Å². The van der Waals surface area contributed by atoms with Crippen LogP contribution in [0.5, 0.6) is 0 Å². The third-order valence-corrected chi connectivity index (χ3v) is 2.06. The first-order valence-corrected chi connectivity index (χ1v) is 4.88. The minimum absolute atomic E-state index is 0.0506. The lowest BCUT2D eigenvalue weighted by Gasteiger charge is -2.21. The number of aliphatic hydroxyl groups is 1. The van der Waals surface area contributed by atoms with E-state index < -0.39 is 0 Å². The molecular formula is C10H17N3O2. The molecule has 0 unspecified atom stereocenters. The van der Waals surface area contributed by atoms with E-state index in [0.29, 0.717) is 6.54 Å². The zero-order chi connectivity index (χ0) is 11.3. The number of nitrogens with one attached hydrogen (secondary N) is 1. The summed E-state index contributed by atoms with van der Waals surface area (Å²) in [6.45, 7) is 4.51. The van der Waals surface area contributed by atoms with Gasteiger partial charge in [-0.2, -0.15) is 5.10 Å². The highest BCUT2D eigenvalue weighted by Gasteiger charge is 2.17. The molecule has 84 valence electrons. The van der Waals surface area contributed by atoms with Gasteiger partial charge in [0, 0.05) is 31.0 Å². The van der Waals surface area contributed by atoms with Gasteiger partial charge in [0.25, 0.3) is 0 Å². The van der Waals surface area contributed by atoms with E-state index in [1.165, 1.54) is 0 Å². The molecule has 0 aliphatic rings. The lowest BCUT2D eigenvalue weighted by atomic mass is 9.95. The highest BCUT2D eigenvalue weighted by Crippen LogP contribution is 2.10. The van der Waals surface area contributed by atoms with E-state index in [0.717, 1.165) is 0 Å². The first kappa shape index (κ1) is 11.7. The second-order valence-corrected chi connectivity index (χ2v) is 4.30. The van der Waals surface area contributed by atoms with Gasteiger partial charge in [0.05, 0.1) is 0 Å². The fraction of sp³-hybridized carbons (Fsp3) is 0.600. The van der Waals surface area contributed by atoms with Crippen molar-refractivity contribution in [1.82, 2.24) is 15.1 Å². The minimum atomic E-state index is -0.278. The molecule has 0 aliphatic heterocycles. The molecule has 0 aromatic carbocycles. The van der Waals surface area contributed by atoms with Gasteiger partial charge in [-0.05, 0) is 6.07 Å². The van der Waals surface area contributed by atoms with Gasteiger partial charge in [-0.3, -0.25) is 9.48 Å². The normalized spacial score (nSPS) is 11.4. The standard InChI is InChI=1S/C10H17N3O2/c1-10(2,8-14)7-11-9(15)6-13-5-3-4-12-13/h3-5,14H,6-8H2,1-2H3,(H,11,15). The fourth-order valence-corrected chi connectivity index (χ4v) is 0.991. The molecule has 0 atom stereocenters. The summed E-state index contributed by atoms with van der Waals surface area (Å²) in [7, 11) is 0. The summed E-state index contributed by atoms with van der Waals surface area (Å²) in [6.07, 6.45) is 3.36. The summed E-state index contributed by atoms with van der Waals surface area (Å²) in [4.78, 5) is 11.4. The van der Waals surface area contributed by atoms with Crippen molar-refractivity contribution < 1.29 is 9.90 Å². The monoisotopic (exact) mass is 211 g/mol. The molecule has 0 radical (unpaired) electrons. The minimum Gasteiger partial charge on any atom is -0.396 e. The summed E-state index contributed by atoms with van der Waals surface area (Å²) < 4.78 is 1.56. The van der Waals surface area contributed by atoms with Crippen LogP contribution in [0, 0.1) is 5.41 Å². The summed E-state index contributed by atoms with van der Waals surface area (Å²) >= 11 is 0. The Balaban J connectivity index is 2.31. The van der Waals surface area contributed by atoms with Crippen molar-refractivity contribution in [2.75, 3.05) is 13.2 Å². The molecule has 0 saturated heterocycles. The van der Waals surface area contributed by atoms with Gasteiger partial charge < -0.3 is 10.4 Å². The van der Waals surface area contributed by atoms with Crippen molar-refractivity contribution in [2.24, 2.45) is 5.41 Å². The van der Waals surface area contributed by atoms with E-state index in [2.05, 4.69) is 10.4 Å². The van der Waals surface area contributed by atoms with Gasteiger partial charge in [0.2, 0.25) is 5.91 Å². The van der Waals surface area contributed by atoms with Crippen molar-refractivity contribution in [1.29, 1.82) is 0 Å². The van der Waals surface area contributed by atoms with Crippen LogP contribution in [0.2, 0.25) is 0 Å². The van der Waals surface area contributed by atoms with Crippen molar-refractivity contribution in [3.05, 3.63) is 18.5 Å². The van der Waals surface area contributed by atoms with Crippen LogP contribution in [-0.4, -0.2) is 33.9 Å². The number of aliphatic hydroxyl groups excluding tert-OH is 1. The van der Waals surface area contributed by atoms with Crippen LogP contribution in [0.4, 0.5) is 0 Å². The Bertz CT molecular complexity index is 306. The lowest BCUT2D eigenvalue weighted by Crippen LogP contribution is -2.37. The van der Waals surface area contributed by atoms with E-state index in [4.69, 9.17) is 5.11 Å². The van der Waals surface area contributed by atoms with Gasteiger partial charge in [0.1, 0.15) is 6.54 Å². The molecular weight excluding hydrogens is 194 g/mol. The van der Waals surface area contributed by atoms with Crippen LogP contribution in [0.3, 0.4) is 0 Å². The molecule has 1 aromatic heterocycles. The van der Waals surface area contributed by atoms with Crippen molar-refractivity contribution >= 4 is 5.91 Å². The van der Waals surface area contributed by atoms with Gasteiger partial charge in [-0.25, -0.2) is 0 Å². The third kappa shape index (κ3) is 4.12. The van der Waals surface area contributed by atoms with E-state index in [9.17, 15) is 4.79 Å². The van der Waals surface area contributed by atoms with Gasteiger partial charge in [-0.1, -0.05) is 13.8 Å². The molecule has 5 heteroatoms. The van der Waals surface area contributed by atoms with E-state index in [1.807, 2.05) is 13.8 Å². The van der Waals surface area contributed by atoms with Crippen LogP contribution < -0.4 is 5.32 Å². The Labute approximate surface area is 89.1 Å². The van der Waals surface area contributed by atoms with E-state index in [1.54, 1.807) is 23.1 Å². The molecule has 1 heterocycles. The summed E-state index contributed by atoms with van der Waals surface area (Å²) in [6, 6.07) is 1.77. The van der Waals surface area contributed by atoms with Gasteiger partial charge in [-0.15, -0.1) is 0 Å². The number of amides is 1. The van der Waals surface area contributed by atoms with Crippen LogP contribution in [0.25, 0.3) is 0 Å². The topological polar surface area (TPSA) is 67.2 Å². The summed E-state index contributed by atoms with van der Waals surface area (Å²) in [5.74, 6) is -0.0970. The number of hydrogen-bond donors (Lipinski definition) is 2. The van der Waals surface area contributed by atoms with Crippen LogP contribution in [0.1, 0.15) is 13.8 Å². The number of hydrogen-bond acceptors (Lipinski definition) is 3. The Hall–Kier alpha value is -1.36. The number of nitrogens with zero attached hydrogens (tertiary/aromatic N) is 2. The zero-order valence-electron chi connectivity index (χ0n) is 9.10. The smallest absolute Gasteiger partial charge is 0.241 e. The molecule has 0 aliphatic carbocycles. The predicted molar refractivity (Wildman–Crippen MR) is 56.1 cm³/mol. The highest BCUT2D eigenvalue weighted by molar-refractivity contribution is 5.75. The van der Waals surface area contributed by atoms with E-state index >= 15 is 0 Å². The van der Waals surface area contributed by atoms with Crippen LogP contribution in [-0.2, 0) is 11.3 Å². The van der Waals surface area contributed by atoms with Crippen LogP contribution >= 0.6 is 0 Å². The molecule has 5 nitrogen and oxygen atoms in total. The van der Waals surface area contributed by atoms with Crippen molar-refractivity contribution in [3.63, 3.8) is 0 Å². The molecule has 1 aromatic rings. The maximum atomic E-state index is 11.4. The average molecular weight is 211 g/mol. The lowest BCUT2D eigenvalue weighted by molar-refractivity contribution is -0.122. The second-order valence-electron chi connectivity index (χ2n) is 4.30. The predicted octanol–water partition coefficient (Wildman–Crippen LogP) is 0.0178. The number of carbonyl (C=O) groups is 1. The Morgan fingerprint density at radius 3 is 2.87 bits per heavy atom. The molecule has 0 saturated carbocycles. The third-order valence-electron chi connectivity index (χ3n) is 2.06. The fourth-order valence-electron chi connectivity index (χ4n) is 0.991. The Morgan fingerprint density at radius 2 is 2.33 bits per heavy atom. The Morgan fingerprint density at radius 1 is 1.60 bits per heavy atom. The summed E-state index contributed by atoms with van der Waals surface area (Å²) in [5.41, 5.74) is -0.278. The number of aromatic nitrogens is 2. The maximum Gasteiger partial charge on any atom is 0.241 e. The SMILES string of the molecule is CC(C)(CO)CNC(=O)Cn1cccn1. The Kier molecular flexibility index (Phi) is 3.85. The zero-order valence-corrected chi connectivity index (χ0v) is 9.10. The maximum absolute atomic E-state index is 11.4. The van der Waals surface area contributed by atoms with E-state index in [-0.39, 0.29) is 24.5 Å². The second kappa shape index (κ2) is 4.93. The number of rotatable bonds is 5. The molecule has 0 spiro atoms. The first-order valence-electron chi connectivity index (χ1n) is 4.88. The first-order chi connectivity index (χ1) is 7.03. The summed E-state index contributed by atoms with van der Waals surface area (Å²) in [5, 5.41) is 15.7. The molecule has 1 amide bonds. The van der Waals surface area contributed by atoms with Crippen molar-refractivity contribution in [2.45, 2.75) is 20.4 Å². The average Bonchev–Trinajstić information content (AvgIpc) is 2.68. The molecule has 0 bridgehead atoms. The van der Waals surface area contributed by atoms with Crippen molar-refractivity contribution in [3.8, 4) is 0 Å². The van der Waals surface area contributed by atoms with Gasteiger partial charge in [0.15, 0.2) is 0 Å². The molecule has 0 fully saturated rings. The molecule has 15 heavy (non-hydrogen) atoms.